The maximum Gasteiger partial charge on any atom is 0.105 e. The van der Waals surface area contributed by atoms with Gasteiger partial charge in [0.15, 0.2) is 0 Å². The van der Waals surface area contributed by atoms with Crippen molar-refractivity contribution in [2.75, 3.05) is 6.54 Å². The lowest BCUT2D eigenvalue weighted by atomic mass is 10.1. The Kier molecular flexibility index (Phi) is 6.40. The molecule has 5 nitrogen and oxygen atoms in total. The third kappa shape index (κ3) is 5.05. The Morgan fingerprint density at radius 1 is 0.900 bits per heavy atom. The molecule has 2 aromatic carbocycles. The van der Waals surface area contributed by atoms with E-state index in [4.69, 9.17) is 5.10 Å². The summed E-state index contributed by atoms with van der Waals surface area (Å²) in [6.07, 6.45) is 3.30. The number of quaternary nitrogens is 1. The van der Waals surface area contributed by atoms with Gasteiger partial charge in [-0.05, 0) is 25.5 Å². The zero-order valence-corrected chi connectivity index (χ0v) is 17.8. The van der Waals surface area contributed by atoms with Gasteiger partial charge in [-0.25, -0.2) is 0 Å². The number of nitrogens with two attached hydrogens (primary N) is 1. The highest BCUT2D eigenvalue weighted by Crippen LogP contribution is 2.21. The van der Waals surface area contributed by atoms with Crippen LogP contribution in [-0.2, 0) is 19.6 Å². The lowest BCUT2D eigenvalue weighted by molar-refractivity contribution is -0.671. The fourth-order valence-corrected chi connectivity index (χ4v) is 3.85. The molecule has 0 aliphatic carbocycles. The predicted molar refractivity (Wildman–Crippen MR) is 120 cm³/mol. The van der Waals surface area contributed by atoms with E-state index in [1.54, 1.807) is 0 Å². The average molecular weight is 401 g/mol. The van der Waals surface area contributed by atoms with Gasteiger partial charge in [-0.15, -0.1) is 0 Å². The molecule has 30 heavy (non-hydrogen) atoms. The van der Waals surface area contributed by atoms with Crippen molar-refractivity contribution in [3.8, 4) is 11.3 Å². The summed E-state index contributed by atoms with van der Waals surface area (Å²) >= 11 is 0. The van der Waals surface area contributed by atoms with E-state index in [-0.39, 0.29) is 0 Å². The molecular formula is C25H30N5+. The quantitative estimate of drug-likeness (QED) is 0.437. The van der Waals surface area contributed by atoms with Crippen LogP contribution in [0.4, 0.5) is 0 Å². The molecule has 4 rings (SSSR count). The van der Waals surface area contributed by atoms with Gasteiger partial charge in [0, 0.05) is 30.4 Å². The van der Waals surface area contributed by atoms with Crippen LogP contribution in [0.1, 0.15) is 28.9 Å². The second kappa shape index (κ2) is 9.55. The minimum absolute atomic E-state index is 0.790. The van der Waals surface area contributed by atoms with Crippen LogP contribution in [0, 0.1) is 13.8 Å². The van der Waals surface area contributed by atoms with Crippen LogP contribution in [0.2, 0.25) is 0 Å². The second-order valence-corrected chi connectivity index (χ2v) is 7.84. The van der Waals surface area contributed by atoms with Crippen molar-refractivity contribution >= 4 is 0 Å². The smallest absolute Gasteiger partial charge is 0.105 e. The van der Waals surface area contributed by atoms with Gasteiger partial charge in [0.25, 0.3) is 0 Å². The molecule has 0 saturated heterocycles. The monoisotopic (exact) mass is 400 g/mol. The average Bonchev–Trinajstić information content (AvgIpc) is 3.31. The summed E-state index contributed by atoms with van der Waals surface area (Å²) in [5, 5.41) is 11.8. The molecule has 2 N–H and O–H groups in total. The molecule has 0 fully saturated rings. The summed E-state index contributed by atoms with van der Waals surface area (Å²) in [7, 11) is 0. The largest absolute Gasteiger partial charge is 0.342 e. The molecule has 0 spiro atoms. The highest BCUT2D eigenvalue weighted by atomic mass is 15.3. The van der Waals surface area contributed by atoms with Crippen LogP contribution in [-0.4, -0.2) is 26.1 Å². The first kappa shape index (κ1) is 20.1. The van der Waals surface area contributed by atoms with Crippen molar-refractivity contribution in [2.45, 2.75) is 39.9 Å². The number of aryl methyl sites for hydroxylation is 3. The Morgan fingerprint density at radius 2 is 1.63 bits per heavy atom. The topological polar surface area (TPSA) is 52.2 Å². The van der Waals surface area contributed by atoms with Crippen molar-refractivity contribution in [2.24, 2.45) is 0 Å². The summed E-state index contributed by atoms with van der Waals surface area (Å²) in [6, 6.07) is 23.1. The minimum Gasteiger partial charge on any atom is -0.342 e. The van der Waals surface area contributed by atoms with Gasteiger partial charge in [-0.3, -0.25) is 9.36 Å². The van der Waals surface area contributed by atoms with Crippen LogP contribution in [0.15, 0.2) is 72.9 Å². The molecule has 2 heterocycles. The first-order chi connectivity index (χ1) is 14.7. The molecule has 0 unspecified atom stereocenters. The van der Waals surface area contributed by atoms with E-state index < -0.39 is 0 Å². The van der Waals surface area contributed by atoms with E-state index in [2.05, 4.69) is 99.6 Å². The zero-order chi connectivity index (χ0) is 20.8. The van der Waals surface area contributed by atoms with Crippen LogP contribution in [0.25, 0.3) is 11.3 Å². The molecule has 0 bridgehead atoms. The summed E-state index contributed by atoms with van der Waals surface area (Å²) in [5.74, 6) is 0. The normalized spacial score (nSPS) is 11.1. The number of hydrogen-bond acceptors (Lipinski definition) is 2. The molecule has 0 amide bonds. The van der Waals surface area contributed by atoms with Gasteiger partial charge >= 0.3 is 0 Å². The van der Waals surface area contributed by atoms with Crippen molar-refractivity contribution in [1.29, 1.82) is 0 Å². The van der Waals surface area contributed by atoms with Crippen LogP contribution < -0.4 is 5.32 Å². The SMILES string of the molecule is Cc1cc(C)n(CCC[NH2+]Cc2cn(Cc3ccccc3)nc2-c2ccccc2)n1. The van der Waals surface area contributed by atoms with Crippen molar-refractivity contribution in [3.05, 3.63) is 95.4 Å². The number of nitrogens with zero attached hydrogens (tertiary/aromatic N) is 4. The number of hydrogen-bond donors (Lipinski definition) is 1. The molecule has 2 aromatic heterocycles. The summed E-state index contributed by atoms with van der Waals surface area (Å²) in [6.45, 7) is 7.92. The Hall–Kier alpha value is -3.18. The molecule has 0 atom stereocenters. The van der Waals surface area contributed by atoms with E-state index in [0.717, 1.165) is 44.0 Å². The van der Waals surface area contributed by atoms with Gasteiger partial charge in [-0.1, -0.05) is 60.7 Å². The molecule has 5 heteroatoms. The number of rotatable bonds is 9. The number of benzene rings is 2. The first-order valence-electron chi connectivity index (χ1n) is 10.7. The highest BCUT2D eigenvalue weighted by molar-refractivity contribution is 5.62. The fourth-order valence-electron chi connectivity index (χ4n) is 3.85. The van der Waals surface area contributed by atoms with Crippen molar-refractivity contribution in [3.63, 3.8) is 0 Å². The highest BCUT2D eigenvalue weighted by Gasteiger charge is 2.13. The molecule has 4 aromatic rings. The zero-order valence-electron chi connectivity index (χ0n) is 17.8. The Morgan fingerprint density at radius 3 is 2.33 bits per heavy atom. The third-order valence-corrected chi connectivity index (χ3v) is 5.32. The molecule has 0 saturated carbocycles. The van der Waals surface area contributed by atoms with Crippen molar-refractivity contribution < 1.29 is 5.32 Å². The molecule has 0 aliphatic heterocycles. The van der Waals surface area contributed by atoms with Gasteiger partial charge in [0.05, 0.1) is 24.3 Å². The van der Waals surface area contributed by atoms with E-state index in [9.17, 15) is 0 Å². The van der Waals surface area contributed by atoms with E-state index >= 15 is 0 Å². The molecule has 0 radical (unpaired) electrons. The Bertz CT molecular complexity index is 1060. The Labute approximate surface area is 178 Å². The standard InChI is InChI=1S/C25H29N5/c1-20-16-21(2)30(27-20)15-9-14-26-17-24-19-29(18-22-10-5-3-6-11-22)28-25(24)23-12-7-4-8-13-23/h3-8,10-13,16,19,26H,9,14-15,17-18H2,1-2H3/p+1. The number of aromatic nitrogens is 4. The molecular weight excluding hydrogens is 370 g/mol. The minimum atomic E-state index is 0.790. The fraction of sp³-hybridized carbons (Fsp3) is 0.280. The lowest BCUT2D eigenvalue weighted by Crippen LogP contribution is -2.82. The van der Waals surface area contributed by atoms with Gasteiger partial charge in [-0.2, -0.15) is 10.2 Å². The first-order valence-corrected chi connectivity index (χ1v) is 10.7. The Balaban J connectivity index is 1.41. The van der Waals surface area contributed by atoms with Gasteiger partial charge < -0.3 is 5.32 Å². The van der Waals surface area contributed by atoms with E-state index in [0.29, 0.717) is 0 Å². The molecule has 154 valence electrons. The van der Waals surface area contributed by atoms with E-state index in [1.165, 1.54) is 22.4 Å². The van der Waals surface area contributed by atoms with Gasteiger partial charge in [0.2, 0.25) is 0 Å². The summed E-state index contributed by atoms with van der Waals surface area (Å²) in [4.78, 5) is 0. The summed E-state index contributed by atoms with van der Waals surface area (Å²) < 4.78 is 4.17. The van der Waals surface area contributed by atoms with E-state index in [1.807, 2.05) is 6.92 Å². The van der Waals surface area contributed by atoms with Crippen LogP contribution in [0.3, 0.4) is 0 Å². The van der Waals surface area contributed by atoms with Gasteiger partial charge in [0.1, 0.15) is 12.2 Å². The second-order valence-electron chi connectivity index (χ2n) is 7.84. The van der Waals surface area contributed by atoms with Crippen LogP contribution in [0.5, 0.6) is 0 Å². The van der Waals surface area contributed by atoms with Crippen molar-refractivity contribution in [1.82, 2.24) is 19.6 Å². The molecule has 0 aliphatic rings. The summed E-state index contributed by atoms with van der Waals surface area (Å²) in [5.41, 5.74) is 7.14. The van der Waals surface area contributed by atoms with Crippen LogP contribution >= 0.6 is 0 Å². The lowest BCUT2D eigenvalue weighted by Gasteiger charge is -2.05. The maximum absolute atomic E-state index is 4.92. The third-order valence-electron chi connectivity index (χ3n) is 5.32. The predicted octanol–water partition coefficient (Wildman–Crippen LogP) is 3.57. The maximum atomic E-state index is 4.92.